The van der Waals surface area contributed by atoms with Crippen LogP contribution in [0, 0.1) is 0 Å². The van der Waals surface area contributed by atoms with Gasteiger partial charge in [0.1, 0.15) is 0 Å². The largest absolute Gasteiger partial charge is 0.392 e. The van der Waals surface area contributed by atoms with Crippen molar-refractivity contribution in [3.63, 3.8) is 0 Å². The molecular formula is C15H21Cl2NO. The molecule has 0 radical (unpaired) electrons. The van der Waals surface area contributed by atoms with Gasteiger partial charge < -0.3 is 10.0 Å². The van der Waals surface area contributed by atoms with Crippen LogP contribution in [0.4, 0.5) is 0 Å². The SMILES string of the molecule is CN(C)CC1(c2ccc(Cl)c(Cl)c2)CCCC[C@@H]1O. The molecule has 0 spiro atoms. The molecule has 2 atom stereocenters. The number of hydrogen-bond donors (Lipinski definition) is 1. The maximum absolute atomic E-state index is 10.6. The average molecular weight is 302 g/mol. The van der Waals surface area contributed by atoms with Gasteiger partial charge in [-0.3, -0.25) is 0 Å². The number of rotatable bonds is 3. The van der Waals surface area contributed by atoms with E-state index in [0.29, 0.717) is 10.0 Å². The summed E-state index contributed by atoms with van der Waals surface area (Å²) in [5, 5.41) is 11.7. The van der Waals surface area contributed by atoms with Gasteiger partial charge >= 0.3 is 0 Å². The molecule has 1 saturated carbocycles. The Bertz CT molecular complexity index is 450. The van der Waals surface area contributed by atoms with Crippen molar-refractivity contribution in [2.24, 2.45) is 0 Å². The molecule has 0 amide bonds. The molecule has 19 heavy (non-hydrogen) atoms. The minimum atomic E-state index is -0.319. The van der Waals surface area contributed by atoms with Gasteiger partial charge in [-0.2, -0.15) is 0 Å². The van der Waals surface area contributed by atoms with Crippen LogP contribution in [0.1, 0.15) is 31.2 Å². The van der Waals surface area contributed by atoms with Crippen LogP contribution in [-0.4, -0.2) is 36.8 Å². The van der Waals surface area contributed by atoms with E-state index >= 15 is 0 Å². The lowest BCUT2D eigenvalue weighted by molar-refractivity contribution is 0.0264. The van der Waals surface area contributed by atoms with E-state index in [0.717, 1.165) is 37.8 Å². The highest BCUT2D eigenvalue weighted by molar-refractivity contribution is 6.42. The van der Waals surface area contributed by atoms with Crippen molar-refractivity contribution < 1.29 is 5.11 Å². The Hall–Kier alpha value is -0.280. The Morgan fingerprint density at radius 2 is 2.00 bits per heavy atom. The van der Waals surface area contributed by atoms with Crippen LogP contribution in [-0.2, 0) is 5.41 Å². The van der Waals surface area contributed by atoms with E-state index in [2.05, 4.69) is 4.90 Å². The summed E-state index contributed by atoms with van der Waals surface area (Å²) >= 11 is 12.2. The molecular weight excluding hydrogens is 281 g/mol. The standard InChI is InChI=1S/C15H21Cl2NO/c1-18(2)10-15(8-4-3-5-14(15)19)11-6-7-12(16)13(17)9-11/h6-7,9,14,19H,3-5,8,10H2,1-2H3/t14-,15?/m0/s1. The molecule has 106 valence electrons. The molecule has 0 bridgehead atoms. The first-order valence-corrected chi connectivity index (χ1v) is 7.49. The third kappa shape index (κ3) is 3.08. The number of halogens is 2. The van der Waals surface area contributed by atoms with Gasteiger partial charge in [-0.1, -0.05) is 42.1 Å². The van der Waals surface area contributed by atoms with E-state index in [1.54, 1.807) is 0 Å². The van der Waals surface area contributed by atoms with Crippen molar-refractivity contribution in [3.05, 3.63) is 33.8 Å². The van der Waals surface area contributed by atoms with Crippen molar-refractivity contribution in [3.8, 4) is 0 Å². The molecule has 2 rings (SSSR count). The minimum absolute atomic E-state index is 0.226. The second kappa shape index (κ2) is 6.01. The third-order valence-electron chi connectivity index (χ3n) is 4.08. The van der Waals surface area contributed by atoms with Gasteiger partial charge in [0.05, 0.1) is 16.1 Å². The zero-order valence-corrected chi connectivity index (χ0v) is 13.0. The first-order chi connectivity index (χ1) is 8.95. The van der Waals surface area contributed by atoms with Crippen LogP contribution in [0.15, 0.2) is 18.2 Å². The van der Waals surface area contributed by atoms with Crippen molar-refractivity contribution in [1.82, 2.24) is 4.90 Å². The lowest BCUT2D eigenvalue weighted by Crippen LogP contribution is -2.49. The molecule has 1 aliphatic rings. The van der Waals surface area contributed by atoms with Crippen molar-refractivity contribution in [1.29, 1.82) is 0 Å². The molecule has 0 saturated heterocycles. The molecule has 0 aromatic heterocycles. The number of nitrogens with zero attached hydrogens (tertiary/aromatic N) is 1. The summed E-state index contributed by atoms with van der Waals surface area (Å²) in [5.41, 5.74) is 0.874. The van der Waals surface area contributed by atoms with E-state index < -0.39 is 0 Å². The van der Waals surface area contributed by atoms with Crippen LogP contribution >= 0.6 is 23.2 Å². The number of benzene rings is 1. The Labute approximate surface area is 125 Å². The molecule has 1 aromatic rings. The van der Waals surface area contributed by atoms with Crippen molar-refractivity contribution in [2.45, 2.75) is 37.2 Å². The maximum atomic E-state index is 10.6. The second-order valence-corrected chi connectivity index (χ2v) is 6.60. The summed E-state index contributed by atoms with van der Waals surface area (Å²) in [6.45, 7) is 0.826. The molecule has 2 nitrogen and oxygen atoms in total. The Morgan fingerprint density at radius 3 is 2.58 bits per heavy atom. The molecule has 1 N–H and O–H groups in total. The summed E-state index contributed by atoms with van der Waals surface area (Å²) in [7, 11) is 4.08. The summed E-state index contributed by atoms with van der Waals surface area (Å²) in [6, 6.07) is 5.76. The first-order valence-electron chi connectivity index (χ1n) is 6.74. The van der Waals surface area contributed by atoms with Crippen molar-refractivity contribution in [2.75, 3.05) is 20.6 Å². The summed E-state index contributed by atoms with van der Waals surface area (Å²) < 4.78 is 0. The van der Waals surface area contributed by atoms with Gasteiger partial charge in [0.25, 0.3) is 0 Å². The Morgan fingerprint density at radius 1 is 1.26 bits per heavy atom. The average Bonchev–Trinajstić information content (AvgIpc) is 2.35. The van der Waals surface area contributed by atoms with Crippen LogP contribution in [0.25, 0.3) is 0 Å². The number of aliphatic hydroxyl groups is 1. The molecule has 1 fully saturated rings. The fourth-order valence-corrected chi connectivity index (χ4v) is 3.50. The van der Waals surface area contributed by atoms with Crippen molar-refractivity contribution >= 4 is 23.2 Å². The summed E-state index contributed by atoms with van der Waals surface area (Å²) in [4.78, 5) is 2.14. The van der Waals surface area contributed by atoms with Crippen LogP contribution in [0.2, 0.25) is 10.0 Å². The first kappa shape index (κ1) is 15.1. The lowest BCUT2D eigenvalue weighted by atomic mass is 9.67. The van der Waals surface area contributed by atoms with E-state index in [1.807, 2.05) is 32.3 Å². The fraction of sp³-hybridized carbons (Fsp3) is 0.600. The topological polar surface area (TPSA) is 23.5 Å². The highest BCUT2D eigenvalue weighted by Gasteiger charge is 2.41. The smallest absolute Gasteiger partial charge is 0.0649 e. The van der Waals surface area contributed by atoms with Gasteiger partial charge in [-0.15, -0.1) is 0 Å². The quantitative estimate of drug-likeness (QED) is 0.919. The lowest BCUT2D eigenvalue weighted by Gasteiger charge is -2.44. The molecule has 0 aliphatic heterocycles. The molecule has 1 aromatic carbocycles. The Balaban J connectivity index is 2.43. The highest BCUT2D eigenvalue weighted by Crippen LogP contribution is 2.41. The fourth-order valence-electron chi connectivity index (χ4n) is 3.20. The van der Waals surface area contributed by atoms with E-state index in [1.165, 1.54) is 0 Å². The van der Waals surface area contributed by atoms with Gasteiger partial charge in [0.2, 0.25) is 0 Å². The minimum Gasteiger partial charge on any atom is -0.392 e. The van der Waals surface area contributed by atoms with Crippen LogP contribution < -0.4 is 0 Å². The van der Waals surface area contributed by atoms with Crippen LogP contribution in [0.5, 0.6) is 0 Å². The number of hydrogen-bond acceptors (Lipinski definition) is 2. The molecule has 1 aliphatic carbocycles. The Kier molecular flexibility index (Phi) is 4.78. The van der Waals surface area contributed by atoms with Gasteiger partial charge in [-0.25, -0.2) is 0 Å². The van der Waals surface area contributed by atoms with Crippen LogP contribution in [0.3, 0.4) is 0 Å². The van der Waals surface area contributed by atoms with Gasteiger partial charge in [-0.05, 0) is 44.6 Å². The van der Waals surface area contributed by atoms with Gasteiger partial charge in [0.15, 0.2) is 0 Å². The third-order valence-corrected chi connectivity index (χ3v) is 4.82. The predicted molar refractivity (Wildman–Crippen MR) is 81.2 cm³/mol. The molecule has 0 heterocycles. The zero-order valence-electron chi connectivity index (χ0n) is 11.5. The summed E-state index contributed by atoms with van der Waals surface area (Å²) in [6.07, 6.45) is 3.77. The number of aliphatic hydroxyl groups excluding tert-OH is 1. The normalized spacial score (nSPS) is 27.8. The van der Waals surface area contributed by atoms with Gasteiger partial charge in [0, 0.05) is 12.0 Å². The number of likely N-dealkylation sites (N-methyl/N-ethyl adjacent to an activating group) is 1. The van der Waals surface area contributed by atoms with E-state index in [9.17, 15) is 5.11 Å². The van der Waals surface area contributed by atoms with E-state index in [-0.39, 0.29) is 11.5 Å². The van der Waals surface area contributed by atoms with E-state index in [4.69, 9.17) is 23.2 Å². The monoisotopic (exact) mass is 301 g/mol. The predicted octanol–water partition coefficient (Wildman–Crippen LogP) is 3.73. The molecule has 1 unspecified atom stereocenters. The second-order valence-electron chi connectivity index (χ2n) is 5.78. The maximum Gasteiger partial charge on any atom is 0.0649 e. The molecule has 4 heteroatoms. The zero-order chi connectivity index (χ0) is 14.0. The summed E-state index contributed by atoms with van der Waals surface area (Å²) in [5.74, 6) is 0. The highest BCUT2D eigenvalue weighted by atomic mass is 35.5.